The maximum Gasteiger partial charge on any atom is 0.326 e. The summed E-state index contributed by atoms with van der Waals surface area (Å²) in [6, 6.07) is -0.887. The molecule has 1 amide bonds. The maximum atomic E-state index is 12.0. The summed E-state index contributed by atoms with van der Waals surface area (Å²) in [5.41, 5.74) is -0.638. The molecule has 2 unspecified atom stereocenters. The molecule has 98 valence electrons. The van der Waals surface area contributed by atoms with Crippen molar-refractivity contribution in [1.82, 2.24) is 10.6 Å². The Kier molecular flexibility index (Phi) is 4.89. The van der Waals surface area contributed by atoms with Crippen LogP contribution in [0.15, 0.2) is 0 Å². The lowest BCUT2D eigenvalue weighted by Gasteiger charge is -2.25. The summed E-state index contributed by atoms with van der Waals surface area (Å²) >= 11 is 0. The van der Waals surface area contributed by atoms with Crippen LogP contribution < -0.4 is 10.6 Å². The summed E-state index contributed by atoms with van der Waals surface area (Å²) in [5.74, 6) is -1.28. The normalized spacial score (nSPS) is 25.5. The highest BCUT2D eigenvalue weighted by Crippen LogP contribution is 2.18. The van der Waals surface area contributed by atoms with Crippen molar-refractivity contribution in [2.24, 2.45) is 0 Å². The molecule has 0 aliphatic carbocycles. The minimum absolute atomic E-state index is 0.251. The minimum Gasteiger partial charge on any atom is -0.480 e. The molecule has 0 bridgehead atoms. The number of rotatable bonds is 6. The number of ether oxygens (including phenoxy) is 1. The van der Waals surface area contributed by atoms with Gasteiger partial charge in [0.15, 0.2) is 0 Å². The second-order valence-corrected chi connectivity index (χ2v) is 4.51. The van der Waals surface area contributed by atoms with Crippen LogP contribution in [-0.4, -0.2) is 48.8 Å². The predicted molar refractivity (Wildman–Crippen MR) is 61.7 cm³/mol. The molecule has 0 spiro atoms. The molecule has 2 atom stereocenters. The predicted octanol–water partition coefficient (Wildman–Crippen LogP) is -0.266. The zero-order valence-electron chi connectivity index (χ0n) is 10.3. The van der Waals surface area contributed by atoms with Crippen LogP contribution in [0.3, 0.4) is 0 Å². The molecule has 3 N–H and O–H groups in total. The van der Waals surface area contributed by atoms with Crippen molar-refractivity contribution >= 4 is 11.9 Å². The van der Waals surface area contributed by atoms with Crippen molar-refractivity contribution in [3.8, 4) is 0 Å². The Labute approximate surface area is 101 Å². The molecule has 0 aromatic rings. The Hall–Kier alpha value is -1.14. The quantitative estimate of drug-likeness (QED) is 0.599. The van der Waals surface area contributed by atoms with Crippen LogP contribution in [0.2, 0.25) is 0 Å². The van der Waals surface area contributed by atoms with Gasteiger partial charge in [-0.05, 0) is 26.3 Å². The number of aliphatic carboxylic acids is 1. The van der Waals surface area contributed by atoms with Crippen molar-refractivity contribution in [1.29, 1.82) is 0 Å². The summed E-state index contributed by atoms with van der Waals surface area (Å²) in [7, 11) is 1.50. The third-order valence-corrected chi connectivity index (χ3v) is 3.08. The molecular weight excluding hydrogens is 224 g/mol. The Morgan fingerprint density at radius 1 is 1.59 bits per heavy atom. The second kappa shape index (κ2) is 5.97. The average Bonchev–Trinajstić information content (AvgIpc) is 2.72. The summed E-state index contributed by atoms with van der Waals surface area (Å²) in [5, 5.41) is 14.6. The molecule has 0 radical (unpaired) electrons. The van der Waals surface area contributed by atoms with E-state index in [1.165, 1.54) is 7.11 Å². The lowest BCUT2D eigenvalue weighted by atomic mass is 9.98. The summed E-state index contributed by atoms with van der Waals surface area (Å²) in [6.45, 7) is 2.89. The van der Waals surface area contributed by atoms with Gasteiger partial charge in [-0.2, -0.15) is 0 Å². The number of hydrogen-bond donors (Lipinski definition) is 3. The number of hydrogen-bond acceptors (Lipinski definition) is 4. The van der Waals surface area contributed by atoms with Crippen molar-refractivity contribution in [2.45, 2.75) is 37.8 Å². The highest BCUT2D eigenvalue weighted by atomic mass is 16.5. The smallest absolute Gasteiger partial charge is 0.326 e. The molecule has 0 aromatic heterocycles. The maximum absolute atomic E-state index is 12.0. The van der Waals surface area contributed by atoms with Crippen LogP contribution >= 0.6 is 0 Å². The van der Waals surface area contributed by atoms with Gasteiger partial charge in [-0.1, -0.05) is 0 Å². The van der Waals surface area contributed by atoms with E-state index in [0.717, 1.165) is 19.4 Å². The van der Waals surface area contributed by atoms with E-state index in [2.05, 4.69) is 10.6 Å². The second-order valence-electron chi connectivity index (χ2n) is 4.51. The van der Waals surface area contributed by atoms with Crippen LogP contribution in [0, 0.1) is 0 Å². The minimum atomic E-state index is -1.03. The first kappa shape index (κ1) is 13.9. The Bertz CT molecular complexity index is 287. The lowest BCUT2D eigenvalue weighted by molar-refractivity contribution is -0.143. The zero-order valence-corrected chi connectivity index (χ0v) is 10.3. The monoisotopic (exact) mass is 244 g/mol. The zero-order chi connectivity index (χ0) is 12.9. The van der Waals surface area contributed by atoms with Crippen LogP contribution in [0.1, 0.15) is 26.2 Å². The van der Waals surface area contributed by atoms with Gasteiger partial charge in [0.2, 0.25) is 5.91 Å². The SMILES string of the molecule is COCCC(NC(=O)C1(C)CCCN1)C(=O)O. The third-order valence-electron chi connectivity index (χ3n) is 3.08. The number of amides is 1. The van der Waals surface area contributed by atoms with Gasteiger partial charge in [-0.15, -0.1) is 0 Å². The van der Waals surface area contributed by atoms with Gasteiger partial charge in [-0.25, -0.2) is 4.79 Å². The number of carboxylic acids is 1. The van der Waals surface area contributed by atoms with E-state index in [9.17, 15) is 9.59 Å². The number of nitrogens with one attached hydrogen (secondary N) is 2. The first-order chi connectivity index (χ1) is 7.99. The van der Waals surface area contributed by atoms with E-state index < -0.39 is 17.6 Å². The molecule has 1 rings (SSSR count). The number of carboxylic acid groups (broad SMARTS) is 1. The summed E-state index contributed by atoms with van der Waals surface area (Å²) in [4.78, 5) is 22.9. The van der Waals surface area contributed by atoms with Crippen LogP contribution in [0.4, 0.5) is 0 Å². The fraction of sp³-hybridized carbons (Fsp3) is 0.818. The summed E-state index contributed by atoms with van der Waals surface area (Å²) < 4.78 is 4.82. The molecule has 6 nitrogen and oxygen atoms in total. The Morgan fingerprint density at radius 3 is 2.76 bits per heavy atom. The van der Waals surface area contributed by atoms with Gasteiger partial charge in [0.05, 0.1) is 5.54 Å². The van der Waals surface area contributed by atoms with Gasteiger partial charge >= 0.3 is 5.97 Å². The van der Waals surface area contributed by atoms with Crippen molar-refractivity contribution in [3.05, 3.63) is 0 Å². The molecule has 0 aromatic carbocycles. The first-order valence-corrected chi connectivity index (χ1v) is 5.77. The third kappa shape index (κ3) is 3.67. The molecule has 1 heterocycles. The Balaban J connectivity index is 2.54. The number of carbonyl (C=O) groups is 2. The number of carbonyl (C=O) groups excluding carboxylic acids is 1. The summed E-state index contributed by atoms with van der Waals surface area (Å²) in [6.07, 6.45) is 1.93. The average molecular weight is 244 g/mol. The fourth-order valence-electron chi connectivity index (χ4n) is 1.90. The van der Waals surface area contributed by atoms with Crippen LogP contribution in [0.5, 0.6) is 0 Å². The van der Waals surface area contributed by atoms with Crippen LogP contribution in [-0.2, 0) is 14.3 Å². The number of methoxy groups -OCH3 is 1. The molecule has 1 aliphatic heterocycles. The standard InChI is InChI=1S/C11H20N2O4/c1-11(5-3-6-12-11)10(16)13-8(9(14)15)4-7-17-2/h8,12H,3-7H2,1-2H3,(H,13,16)(H,14,15). The van der Waals surface area contributed by atoms with Crippen molar-refractivity contribution < 1.29 is 19.4 Å². The van der Waals surface area contributed by atoms with Gasteiger partial charge in [0, 0.05) is 20.1 Å². The largest absolute Gasteiger partial charge is 0.480 e. The molecule has 17 heavy (non-hydrogen) atoms. The van der Waals surface area contributed by atoms with Crippen LogP contribution in [0.25, 0.3) is 0 Å². The molecule has 1 saturated heterocycles. The molecule has 0 saturated carbocycles. The van der Waals surface area contributed by atoms with Crippen molar-refractivity contribution in [3.63, 3.8) is 0 Å². The fourth-order valence-corrected chi connectivity index (χ4v) is 1.90. The van der Waals surface area contributed by atoms with Crippen molar-refractivity contribution in [2.75, 3.05) is 20.3 Å². The molecule has 1 aliphatic rings. The van der Waals surface area contributed by atoms with Gasteiger partial charge in [0.25, 0.3) is 0 Å². The lowest BCUT2D eigenvalue weighted by Crippen LogP contribution is -2.55. The van der Waals surface area contributed by atoms with E-state index in [-0.39, 0.29) is 12.3 Å². The van der Waals surface area contributed by atoms with E-state index >= 15 is 0 Å². The van der Waals surface area contributed by atoms with E-state index in [1.807, 2.05) is 0 Å². The highest BCUT2D eigenvalue weighted by Gasteiger charge is 2.37. The molecule has 1 fully saturated rings. The topological polar surface area (TPSA) is 87.7 Å². The van der Waals surface area contributed by atoms with E-state index in [0.29, 0.717) is 6.61 Å². The van der Waals surface area contributed by atoms with Gasteiger partial charge < -0.3 is 20.5 Å². The van der Waals surface area contributed by atoms with E-state index in [1.54, 1.807) is 6.92 Å². The van der Waals surface area contributed by atoms with Gasteiger partial charge in [-0.3, -0.25) is 4.79 Å². The molecule has 6 heteroatoms. The first-order valence-electron chi connectivity index (χ1n) is 5.77. The van der Waals surface area contributed by atoms with E-state index in [4.69, 9.17) is 9.84 Å². The van der Waals surface area contributed by atoms with Gasteiger partial charge in [0.1, 0.15) is 6.04 Å². The molecular formula is C11H20N2O4. The Morgan fingerprint density at radius 2 is 2.29 bits per heavy atom. The highest BCUT2D eigenvalue weighted by molar-refractivity contribution is 5.90.